The molecule has 19 heavy (non-hydrogen) atoms. The van der Waals surface area contributed by atoms with Crippen molar-refractivity contribution >= 4 is 0 Å². The van der Waals surface area contributed by atoms with Gasteiger partial charge in [-0.15, -0.1) is 0 Å². The van der Waals surface area contributed by atoms with Crippen LogP contribution in [0.15, 0.2) is 18.3 Å². The second-order valence-electron chi connectivity index (χ2n) is 6.17. The standard InChI is InChI=1S/C16H26N2O/c1-11(2)15-5-4-12(3)8-16(15)19-14-6-7-18-13(9-14)10-17/h6-7,9,11-12,15-16H,4-5,8,10,17H2,1-3H3. The van der Waals surface area contributed by atoms with E-state index in [1.807, 2.05) is 12.1 Å². The summed E-state index contributed by atoms with van der Waals surface area (Å²) in [6, 6.07) is 3.91. The number of rotatable bonds is 4. The fourth-order valence-electron chi connectivity index (χ4n) is 3.07. The Hall–Kier alpha value is -1.09. The highest BCUT2D eigenvalue weighted by molar-refractivity contribution is 5.23. The Morgan fingerprint density at radius 3 is 2.89 bits per heavy atom. The van der Waals surface area contributed by atoms with Crippen molar-refractivity contribution in [1.29, 1.82) is 0 Å². The molecule has 1 aromatic heterocycles. The average molecular weight is 262 g/mol. The maximum atomic E-state index is 6.25. The van der Waals surface area contributed by atoms with E-state index in [2.05, 4.69) is 25.8 Å². The van der Waals surface area contributed by atoms with E-state index < -0.39 is 0 Å². The van der Waals surface area contributed by atoms with E-state index in [9.17, 15) is 0 Å². The number of pyridine rings is 1. The van der Waals surface area contributed by atoms with E-state index in [-0.39, 0.29) is 0 Å². The van der Waals surface area contributed by atoms with Crippen molar-refractivity contribution in [2.75, 3.05) is 0 Å². The van der Waals surface area contributed by atoms with Gasteiger partial charge in [0.25, 0.3) is 0 Å². The monoisotopic (exact) mass is 262 g/mol. The molecule has 0 radical (unpaired) electrons. The minimum absolute atomic E-state index is 0.330. The molecule has 1 aliphatic rings. The Labute approximate surface area is 116 Å². The molecule has 0 saturated heterocycles. The second kappa shape index (κ2) is 6.38. The highest BCUT2D eigenvalue weighted by atomic mass is 16.5. The molecule has 0 bridgehead atoms. The molecule has 2 N–H and O–H groups in total. The lowest BCUT2D eigenvalue weighted by Crippen LogP contribution is -2.36. The molecule has 2 rings (SSSR count). The highest BCUT2D eigenvalue weighted by Crippen LogP contribution is 2.35. The molecule has 1 heterocycles. The van der Waals surface area contributed by atoms with Gasteiger partial charge in [-0.25, -0.2) is 0 Å². The largest absolute Gasteiger partial charge is 0.490 e. The quantitative estimate of drug-likeness (QED) is 0.905. The molecule has 3 heteroatoms. The SMILES string of the molecule is CC1CCC(C(C)C)C(Oc2ccnc(CN)c2)C1. The third kappa shape index (κ3) is 3.69. The van der Waals surface area contributed by atoms with Gasteiger partial charge in [-0.05, 0) is 36.7 Å². The Balaban J connectivity index is 2.09. The van der Waals surface area contributed by atoms with Gasteiger partial charge in [0, 0.05) is 18.8 Å². The fraction of sp³-hybridized carbons (Fsp3) is 0.688. The van der Waals surface area contributed by atoms with Gasteiger partial charge in [-0.1, -0.05) is 27.2 Å². The summed E-state index contributed by atoms with van der Waals surface area (Å²) in [5, 5.41) is 0. The molecule has 0 spiro atoms. The van der Waals surface area contributed by atoms with E-state index in [0.717, 1.165) is 23.8 Å². The van der Waals surface area contributed by atoms with Gasteiger partial charge >= 0.3 is 0 Å². The molecule has 1 aromatic rings. The lowest BCUT2D eigenvalue weighted by molar-refractivity contribution is 0.0459. The molecule has 0 aliphatic heterocycles. The second-order valence-corrected chi connectivity index (χ2v) is 6.17. The molecule has 3 nitrogen and oxygen atoms in total. The molecular formula is C16H26N2O. The fourth-order valence-corrected chi connectivity index (χ4v) is 3.07. The van der Waals surface area contributed by atoms with Gasteiger partial charge in [-0.2, -0.15) is 0 Å². The van der Waals surface area contributed by atoms with Crippen LogP contribution < -0.4 is 10.5 Å². The molecule has 0 aromatic carbocycles. The zero-order valence-corrected chi connectivity index (χ0v) is 12.3. The molecule has 1 saturated carbocycles. The van der Waals surface area contributed by atoms with Gasteiger partial charge in [-0.3, -0.25) is 4.98 Å². The third-order valence-electron chi connectivity index (χ3n) is 4.25. The first kappa shape index (κ1) is 14.3. The molecule has 1 aliphatic carbocycles. The molecule has 3 unspecified atom stereocenters. The van der Waals surface area contributed by atoms with Crippen molar-refractivity contribution in [2.24, 2.45) is 23.5 Å². The summed E-state index contributed by atoms with van der Waals surface area (Å²) in [5.74, 6) is 3.01. The van der Waals surface area contributed by atoms with E-state index in [1.165, 1.54) is 12.8 Å². The smallest absolute Gasteiger partial charge is 0.123 e. The maximum absolute atomic E-state index is 6.25. The molecule has 1 fully saturated rings. The lowest BCUT2D eigenvalue weighted by Gasteiger charge is -2.37. The van der Waals surface area contributed by atoms with Crippen LogP contribution in [0, 0.1) is 17.8 Å². The zero-order valence-electron chi connectivity index (χ0n) is 12.3. The normalized spacial score (nSPS) is 27.5. The van der Waals surface area contributed by atoms with Crippen molar-refractivity contribution in [3.63, 3.8) is 0 Å². The van der Waals surface area contributed by atoms with Crippen molar-refractivity contribution in [1.82, 2.24) is 4.98 Å². The first-order chi connectivity index (χ1) is 9.10. The minimum atomic E-state index is 0.330. The topological polar surface area (TPSA) is 48.1 Å². The number of hydrogen-bond donors (Lipinski definition) is 1. The summed E-state index contributed by atoms with van der Waals surface area (Å²) in [7, 11) is 0. The molecular weight excluding hydrogens is 236 g/mol. The predicted molar refractivity (Wildman–Crippen MR) is 77.9 cm³/mol. The van der Waals surface area contributed by atoms with E-state index in [0.29, 0.717) is 24.5 Å². The third-order valence-corrected chi connectivity index (χ3v) is 4.25. The van der Waals surface area contributed by atoms with Crippen LogP contribution in [-0.2, 0) is 6.54 Å². The van der Waals surface area contributed by atoms with Crippen LogP contribution in [0.3, 0.4) is 0 Å². The highest BCUT2D eigenvalue weighted by Gasteiger charge is 2.32. The maximum Gasteiger partial charge on any atom is 0.123 e. The van der Waals surface area contributed by atoms with Gasteiger partial charge in [0.1, 0.15) is 11.9 Å². The zero-order chi connectivity index (χ0) is 13.8. The van der Waals surface area contributed by atoms with Gasteiger partial charge in [0.2, 0.25) is 0 Å². The summed E-state index contributed by atoms with van der Waals surface area (Å²) in [6.45, 7) is 7.39. The van der Waals surface area contributed by atoms with Crippen molar-refractivity contribution in [3.05, 3.63) is 24.0 Å². The molecule has 106 valence electrons. The Kier molecular flexibility index (Phi) is 4.81. The summed E-state index contributed by atoms with van der Waals surface area (Å²) in [4.78, 5) is 4.22. The number of ether oxygens (including phenoxy) is 1. The number of nitrogens with two attached hydrogens (primary N) is 1. The van der Waals surface area contributed by atoms with Crippen molar-refractivity contribution in [2.45, 2.75) is 52.7 Å². The molecule has 0 amide bonds. The summed E-state index contributed by atoms with van der Waals surface area (Å²) >= 11 is 0. The summed E-state index contributed by atoms with van der Waals surface area (Å²) in [5.41, 5.74) is 6.52. The average Bonchev–Trinajstić information content (AvgIpc) is 2.38. The first-order valence-electron chi connectivity index (χ1n) is 7.41. The van der Waals surface area contributed by atoms with Crippen LogP contribution in [-0.4, -0.2) is 11.1 Å². The Morgan fingerprint density at radius 1 is 1.42 bits per heavy atom. The Bertz CT molecular complexity index is 405. The van der Waals surface area contributed by atoms with Gasteiger partial charge < -0.3 is 10.5 Å². The Morgan fingerprint density at radius 2 is 2.21 bits per heavy atom. The summed E-state index contributed by atoms with van der Waals surface area (Å²) < 4.78 is 6.25. The van der Waals surface area contributed by atoms with Crippen molar-refractivity contribution in [3.8, 4) is 5.75 Å². The van der Waals surface area contributed by atoms with Crippen molar-refractivity contribution < 1.29 is 4.74 Å². The summed E-state index contributed by atoms with van der Waals surface area (Å²) in [6.07, 6.45) is 5.87. The predicted octanol–water partition coefficient (Wildman–Crippen LogP) is 3.38. The number of nitrogens with zero attached hydrogens (tertiary/aromatic N) is 1. The lowest BCUT2D eigenvalue weighted by atomic mass is 9.75. The van der Waals surface area contributed by atoms with Crippen LogP contribution in [0.4, 0.5) is 0 Å². The van der Waals surface area contributed by atoms with Crippen LogP contribution in [0.2, 0.25) is 0 Å². The van der Waals surface area contributed by atoms with Crippen LogP contribution in [0.25, 0.3) is 0 Å². The van der Waals surface area contributed by atoms with Crippen LogP contribution in [0.5, 0.6) is 5.75 Å². The van der Waals surface area contributed by atoms with Gasteiger partial charge in [0.05, 0.1) is 5.69 Å². The minimum Gasteiger partial charge on any atom is -0.490 e. The van der Waals surface area contributed by atoms with Gasteiger partial charge in [0.15, 0.2) is 0 Å². The molecule has 3 atom stereocenters. The number of hydrogen-bond acceptors (Lipinski definition) is 3. The number of aromatic nitrogens is 1. The van der Waals surface area contributed by atoms with E-state index in [4.69, 9.17) is 10.5 Å². The van der Waals surface area contributed by atoms with E-state index in [1.54, 1.807) is 6.20 Å². The van der Waals surface area contributed by atoms with Crippen LogP contribution in [0.1, 0.15) is 45.7 Å². The first-order valence-corrected chi connectivity index (χ1v) is 7.41. The van der Waals surface area contributed by atoms with Crippen LogP contribution >= 0.6 is 0 Å². The van der Waals surface area contributed by atoms with E-state index >= 15 is 0 Å².